The van der Waals surface area contributed by atoms with Gasteiger partial charge in [0.25, 0.3) is 5.91 Å². The molecule has 0 atom stereocenters. The van der Waals surface area contributed by atoms with Crippen molar-refractivity contribution in [2.45, 2.75) is 13.1 Å². The maximum atomic E-state index is 12.4. The topological polar surface area (TPSA) is 84.1 Å². The highest BCUT2D eigenvalue weighted by molar-refractivity contribution is 5.90. The molecule has 9 heteroatoms. The summed E-state index contributed by atoms with van der Waals surface area (Å²) in [6.07, 6.45) is -2.56. The predicted molar refractivity (Wildman–Crippen MR) is 75.2 cm³/mol. The van der Waals surface area contributed by atoms with Crippen LogP contribution in [0.5, 0.6) is 5.75 Å². The molecule has 2 aromatic rings. The molecule has 2 heterocycles. The molecule has 0 saturated heterocycles. The number of pyridine rings is 2. The smallest absolute Gasteiger partial charge is 0.417 e. The second kappa shape index (κ2) is 6.51. The minimum atomic E-state index is -4.49. The second-order valence-corrected chi connectivity index (χ2v) is 4.61. The maximum absolute atomic E-state index is 12.4. The van der Waals surface area contributed by atoms with Gasteiger partial charge in [-0.05, 0) is 19.1 Å². The van der Waals surface area contributed by atoms with E-state index in [4.69, 9.17) is 4.74 Å². The number of aromatic nitrogens is 2. The van der Waals surface area contributed by atoms with Crippen LogP contribution in [-0.2, 0) is 11.0 Å². The van der Waals surface area contributed by atoms with Gasteiger partial charge in [-0.1, -0.05) is 0 Å². The van der Waals surface area contributed by atoms with Crippen molar-refractivity contribution in [3.63, 3.8) is 0 Å². The van der Waals surface area contributed by atoms with E-state index < -0.39 is 24.3 Å². The van der Waals surface area contributed by atoms with Gasteiger partial charge in [-0.2, -0.15) is 13.2 Å². The number of alkyl halides is 3. The zero-order valence-electron chi connectivity index (χ0n) is 11.9. The van der Waals surface area contributed by atoms with Gasteiger partial charge in [0.2, 0.25) is 5.43 Å². The average molecular weight is 327 g/mol. The standard InChI is InChI=1S/C14H12F3N3O3/c1-8-4-10(21)11(6-18-8)23-7-13(22)20-12-3-2-9(5-19-12)14(15,16)17/h2-6H,7H2,1H3,(H,18,21)(H,19,20,22). The van der Waals surface area contributed by atoms with Crippen LogP contribution >= 0.6 is 0 Å². The van der Waals surface area contributed by atoms with E-state index in [2.05, 4.69) is 15.3 Å². The summed E-state index contributed by atoms with van der Waals surface area (Å²) in [6, 6.07) is 3.14. The lowest BCUT2D eigenvalue weighted by Gasteiger charge is -2.08. The van der Waals surface area contributed by atoms with Crippen molar-refractivity contribution in [3.8, 4) is 5.75 Å². The number of anilines is 1. The number of nitrogens with zero attached hydrogens (tertiary/aromatic N) is 1. The molecule has 0 aliphatic heterocycles. The lowest BCUT2D eigenvalue weighted by molar-refractivity contribution is -0.137. The fourth-order valence-electron chi connectivity index (χ4n) is 1.63. The van der Waals surface area contributed by atoms with Crippen molar-refractivity contribution in [2.75, 3.05) is 11.9 Å². The van der Waals surface area contributed by atoms with Crippen molar-refractivity contribution in [1.82, 2.24) is 9.97 Å². The molecular formula is C14H12F3N3O3. The lowest BCUT2D eigenvalue weighted by Crippen LogP contribution is -2.22. The van der Waals surface area contributed by atoms with Crippen molar-refractivity contribution in [1.29, 1.82) is 0 Å². The molecule has 0 saturated carbocycles. The first-order valence-corrected chi connectivity index (χ1v) is 6.41. The lowest BCUT2D eigenvalue weighted by atomic mass is 10.3. The minimum Gasteiger partial charge on any atom is -0.478 e. The van der Waals surface area contributed by atoms with E-state index in [1.807, 2.05) is 0 Å². The Morgan fingerprint density at radius 2 is 2.13 bits per heavy atom. The maximum Gasteiger partial charge on any atom is 0.417 e. The number of nitrogens with one attached hydrogen (secondary N) is 2. The summed E-state index contributed by atoms with van der Waals surface area (Å²) in [4.78, 5) is 29.4. The molecule has 0 aliphatic rings. The Labute approximate surface area is 128 Å². The molecular weight excluding hydrogens is 315 g/mol. The van der Waals surface area contributed by atoms with E-state index >= 15 is 0 Å². The Hall–Kier alpha value is -2.84. The van der Waals surface area contributed by atoms with Gasteiger partial charge in [0, 0.05) is 24.2 Å². The van der Waals surface area contributed by atoms with E-state index in [0.717, 1.165) is 12.1 Å². The number of aryl methyl sites for hydroxylation is 1. The highest BCUT2D eigenvalue weighted by atomic mass is 19.4. The number of hydrogen-bond acceptors (Lipinski definition) is 4. The first kappa shape index (κ1) is 16.5. The van der Waals surface area contributed by atoms with Gasteiger partial charge in [0.15, 0.2) is 12.4 Å². The summed E-state index contributed by atoms with van der Waals surface area (Å²) in [6.45, 7) is 1.21. The number of carbonyl (C=O) groups excluding carboxylic acids is 1. The summed E-state index contributed by atoms with van der Waals surface area (Å²) in [5.74, 6) is -0.743. The normalized spacial score (nSPS) is 11.1. The summed E-state index contributed by atoms with van der Waals surface area (Å²) < 4.78 is 42.2. The summed E-state index contributed by atoms with van der Waals surface area (Å²) in [5.41, 5.74) is -0.666. The molecule has 1 amide bonds. The van der Waals surface area contributed by atoms with Crippen LogP contribution in [0.25, 0.3) is 0 Å². The van der Waals surface area contributed by atoms with Crippen LogP contribution in [0.4, 0.5) is 19.0 Å². The zero-order chi connectivity index (χ0) is 17.0. The molecule has 0 aliphatic carbocycles. The van der Waals surface area contributed by atoms with Crippen LogP contribution in [0, 0.1) is 6.92 Å². The predicted octanol–water partition coefficient (Wildman–Crippen LogP) is 2.11. The Morgan fingerprint density at radius 1 is 1.39 bits per heavy atom. The van der Waals surface area contributed by atoms with E-state index in [-0.39, 0.29) is 17.0 Å². The highest BCUT2D eigenvalue weighted by Gasteiger charge is 2.30. The number of rotatable bonds is 4. The van der Waals surface area contributed by atoms with E-state index in [1.54, 1.807) is 6.92 Å². The first-order valence-electron chi connectivity index (χ1n) is 6.41. The number of aromatic amines is 1. The average Bonchev–Trinajstić information content (AvgIpc) is 2.46. The second-order valence-electron chi connectivity index (χ2n) is 4.61. The molecule has 6 nitrogen and oxygen atoms in total. The van der Waals surface area contributed by atoms with Crippen LogP contribution < -0.4 is 15.5 Å². The molecule has 0 aromatic carbocycles. The number of halogens is 3. The first-order chi connectivity index (χ1) is 10.8. The Kier molecular flexibility index (Phi) is 4.68. The molecule has 122 valence electrons. The van der Waals surface area contributed by atoms with E-state index in [0.29, 0.717) is 11.9 Å². The van der Waals surface area contributed by atoms with Gasteiger partial charge in [-0.3, -0.25) is 9.59 Å². The third-order valence-electron chi connectivity index (χ3n) is 2.74. The van der Waals surface area contributed by atoms with Crippen LogP contribution in [-0.4, -0.2) is 22.5 Å². The molecule has 2 N–H and O–H groups in total. The monoisotopic (exact) mass is 327 g/mol. The fraction of sp³-hybridized carbons (Fsp3) is 0.214. The van der Waals surface area contributed by atoms with Crippen LogP contribution in [0.15, 0.2) is 35.4 Å². The number of hydrogen-bond donors (Lipinski definition) is 2. The van der Waals surface area contributed by atoms with Gasteiger partial charge in [0.1, 0.15) is 5.82 Å². The number of ether oxygens (including phenoxy) is 1. The SMILES string of the molecule is Cc1cc(=O)c(OCC(=O)Nc2ccc(C(F)(F)F)cn2)c[nH]1. The Morgan fingerprint density at radius 3 is 2.70 bits per heavy atom. The van der Waals surface area contributed by atoms with Crippen LogP contribution in [0.1, 0.15) is 11.3 Å². The largest absolute Gasteiger partial charge is 0.478 e. The molecule has 0 spiro atoms. The Balaban J connectivity index is 1.93. The molecule has 0 radical (unpaired) electrons. The van der Waals surface area contributed by atoms with Crippen molar-refractivity contribution >= 4 is 11.7 Å². The van der Waals surface area contributed by atoms with E-state index in [9.17, 15) is 22.8 Å². The van der Waals surface area contributed by atoms with Crippen molar-refractivity contribution < 1.29 is 22.7 Å². The summed E-state index contributed by atoms with van der Waals surface area (Å²) in [5, 5.41) is 2.27. The van der Waals surface area contributed by atoms with Gasteiger partial charge in [-0.25, -0.2) is 4.98 Å². The fourth-order valence-corrected chi connectivity index (χ4v) is 1.63. The van der Waals surface area contributed by atoms with E-state index in [1.165, 1.54) is 12.3 Å². The van der Waals surface area contributed by atoms with Gasteiger partial charge >= 0.3 is 6.18 Å². The summed E-state index contributed by atoms with van der Waals surface area (Å²) >= 11 is 0. The van der Waals surface area contributed by atoms with Gasteiger partial charge in [0.05, 0.1) is 5.56 Å². The number of H-pyrrole nitrogens is 1. The van der Waals surface area contributed by atoms with Crippen LogP contribution in [0.2, 0.25) is 0 Å². The number of amides is 1. The molecule has 2 rings (SSSR count). The highest BCUT2D eigenvalue weighted by Crippen LogP contribution is 2.28. The van der Waals surface area contributed by atoms with Gasteiger partial charge < -0.3 is 15.0 Å². The summed E-state index contributed by atoms with van der Waals surface area (Å²) in [7, 11) is 0. The molecule has 2 aromatic heterocycles. The van der Waals surface area contributed by atoms with Crippen molar-refractivity contribution in [3.05, 3.63) is 52.1 Å². The molecule has 0 bridgehead atoms. The zero-order valence-corrected chi connectivity index (χ0v) is 11.9. The third-order valence-corrected chi connectivity index (χ3v) is 2.74. The quantitative estimate of drug-likeness (QED) is 0.901. The van der Waals surface area contributed by atoms with Crippen molar-refractivity contribution in [2.24, 2.45) is 0 Å². The molecule has 0 fully saturated rings. The number of carbonyl (C=O) groups is 1. The molecule has 0 unspecified atom stereocenters. The molecule has 23 heavy (non-hydrogen) atoms. The minimum absolute atomic E-state index is 0.0360. The van der Waals surface area contributed by atoms with Crippen LogP contribution in [0.3, 0.4) is 0 Å². The Bertz CT molecular complexity index is 754. The van der Waals surface area contributed by atoms with Gasteiger partial charge in [-0.15, -0.1) is 0 Å². The third kappa shape index (κ3) is 4.56.